The number of hydrogen-bond acceptors (Lipinski definition) is 6. The van der Waals surface area contributed by atoms with Gasteiger partial charge in [-0.2, -0.15) is 5.10 Å². The lowest BCUT2D eigenvalue weighted by Crippen LogP contribution is -2.17. The van der Waals surface area contributed by atoms with Crippen LogP contribution in [-0.2, 0) is 0 Å². The van der Waals surface area contributed by atoms with E-state index >= 15 is 0 Å². The Labute approximate surface area is 196 Å². The van der Waals surface area contributed by atoms with E-state index in [4.69, 9.17) is 25.8 Å². The Hall–Kier alpha value is -3.84. The van der Waals surface area contributed by atoms with Crippen LogP contribution in [0.5, 0.6) is 17.2 Å². The molecule has 0 unspecified atom stereocenters. The van der Waals surface area contributed by atoms with Gasteiger partial charge in [0.25, 0.3) is 5.91 Å². The number of hydrogen-bond donors (Lipinski definition) is 1. The Morgan fingerprint density at radius 1 is 1.03 bits per heavy atom. The molecule has 170 valence electrons. The zero-order chi connectivity index (χ0) is 23.6. The van der Waals surface area contributed by atoms with Crippen LogP contribution >= 0.6 is 11.6 Å². The molecule has 0 aromatic heterocycles. The highest BCUT2D eigenvalue weighted by molar-refractivity contribution is 6.33. The SMILES string of the molecule is CCCOc1ccc(C(=O)NN=Cc2ccc(OC(=O)c3ccccc3Cl)c(OC)c2)cc1. The van der Waals surface area contributed by atoms with Crippen molar-refractivity contribution in [2.45, 2.75) is 13.3 Å². The largest absolute Gasteiger partial charge is 0.494 e. The molecule has 0 fully saturated rings. The predicted octanol–water partition coefficient (Wildman–Crippen LogP) is 5.12. The van der Waals surface area contributed by atoms with Crippen LogP contribution in [-0.4, -0.2) is 31.8 Å². The molecule has 3 rings (SSSR count). The van der Waals surface area contributed by atoms with Crippen LogP contribution in [0.2, 0.25) is 5.02 Å². The van der Waals surface area contributed by atoms with Crippen LogP contribution < -0.4 is 19.6 Å². The van der Waals surface area contributed by atoms with Crippen molar-refractivity contribution >= 4 is 29.7 Å². The van der Waals surface area contributed by atoms with Crippen LogP contribution in [0.4, 0.5) is 0 Å². The van der Waals surface area contributed by atoms with E-state index in [0.717, 1.165) is 6.42 Å². The first-order valence-electron chi connectivity index (χ1n) is 10.2. The molecule has 0 bridgehead atoms. The van der Waals surface area contributed by atoms with E-state index in [2.05, 4.69) is 10.5 Å². The molecule has 3 aromatic rings. The van der Waals surface area contributed by atoms with Gasteiger partial charge in [0.2, 0.25) is 0 Å². The van der Waals surface area contributed by atoms with Gasteiger partial charge in [0.05, 0.1) is 30.5 Å². The van der Waals surface area contributed by atoms with E-state index in [1.807, 2.05) is 6.92 Å². The second-order valence-electron chi connectivity index (χ2n) is 6.85. The van der Waals surface area contributed by atoms with Crippen molar-refractivity contribution in [2.75, 3.05) is 13.7 Å². The maximum Gasteiger partial charge on any atom is 0.345 e. The topological polar surface area (TPSA) is 86.2 Å². The molecule has 0 saturated carbocycles. The lowest BCUT2D eigenvalue weighted by molar-refractivity contribution is 0.0729. The van der Waals surface area contributed by atoms with E-state index < -0.39 is 5.97 Å². The highest BCUT2D eigenvalue weighted by atomic mass is 35.5. The highest BCUT2D eigenvalue weighted by Gasteiger charge is 2.15. The summed E-state index contributed by atoms with van der Waals surface area (Å²) in [4.78, 5) is 24.7. The van der Waals surface area contributed by atoms with Crippen LogP contribution in [0.1, 0.15) is 39.6 Å². The van der Waals surface area contributed by atoms with E-state index in [0.29, 0.717) is 34.3 Å². The van der Waals surface area contributed by atoms with E-state index in [1.165, 1.54) is 13.3 Å². The summed E-state index contributed by atoms with van der Waals surface area (Å²) in [5.41, 5.74) is 3.81. The Morgan fingerprint density at radius 2 is 1.79 bits per heavy atom. The van der Waals surface area contributed by atoms with Gasteiger partial charge in [0, 0.05) is 5.56 Å². The minimum Gasteiger partial charge on any atom is -0.494 e. The number of esters is 1. The summed E-state index contributed by atoms with van der Waals surface area (Å²) < 4.78 is 16.2. The van der Waals surface area contributed by atoms with Gasteiger partial charge in [-0.25, -0.2) is 10.2 Å². The number of nitrogens with one attached hydrogen (secondary N) is 1. The van der Waals surface area contributed by atoms with Gasteiger partial charge in [0.1, 0.15) is 5.75 Å². The summed E-state index contributed by atoms with van der Waals surface area (Å²) in [6.45, 7) is 2.65. The van der Waals surface area contributed by atoms with Gasteiger partial charge in [-0.05, 0) is 66.6 Å². The smallest absolute Gasteiger partial charge is 0.345 e. The fourth-order valence-corrected chi connectivity index (χ4v) is 3.00. The first-order valence-corrected chi connectivity index (χ1v) is 10.6. The molecule has 0 saturated heterocycles. The van der Waals surface area contributed by atoms with Gasteiger partial charge in [-0.15, -0.1) is 0 Å². The Morgan fingerprint density at radius 3 is 2.48 bits per heavy atom. The zero-order valence-corrected chi connectivity index (χ0v) is 19.0. The van der Waals surface area contributed by atoms with Gasteiger partial charge in [0.15, 0.2) is 11.5 Å². The monoisotopic (exact) mass is 466 g/mol. The summed E-state index contributed by atoms with van der Waals surface area (Å²) in [6.07, 6.45) is 2.37. The number of hydrazone groups is 1. The molecule has 1 N–H and O–H groups in total. The normalized spacial score (nSPS) is 10.6. The highest BCUT2D eigenvalue weighted by Crippen LogP contribution is 2.29. The van der Waals surface area contributed by atoms with Crippen molar-refractivity contribution in [3.05, 3.63) is 88.4 Å². The van der Waals surface area contributed by atoms with Crippen molar-refractivity contribution in [2.24, 2.45) is 5.10 Å². The molecule has 0 heterocycles. The number of amides is 1. The molecular weight excluding hydrogens is 444 g/mol. The summed E-state index contributed by atoms with van der Waals surface area (Å²) in [5, 5.41) is 4.27. The Balaban J connectivity index is 1.62. The van der Waals surface area contributed by atoms with E-state index in [1.54, 1.807) is 66.7 Å². The zero-order valence-electron chi connectivity index (χ0n) is 18.2. The van der Waals surface area contributed by atoms with Gasteiger partial charge in [-0.1, -0.05) is 30.7 Å². The lowest BCUT2D eigenvalue weighted by atomic mass is 10.2. The Bertz CT molecular complexity index is 1150. The third kappa shape index (κ3) is 6.57. The van der Waals surface area contributed by atoms with Crippen LogP contribution in [0.15, 0.2) is 71.8 Å². The second kappa shape index (κ2) is 11.7. The summed E-state index contributed by atoms with van der Waals surface area (Å²) in [5.74, 6) is 0.311. The third-order valence-electron chi connectivity index (χ3n) is 4.45. The van der Waals surface area contributed by atoms with Crippen molar-refractivity contribution in [1.82, 2.24) is 5.43 Å². The molecular formula is C25H23ClN2O5. The van der Waals surface area contributed by atoms with Gasteiger partial charge >= 0.3 is 5.97 Å². The number of methoxy groups -OCH3 is 1. The third-order valence-corrected chi connectivity index (χ3v) is 4.78. The average molecular weight is 467 g/mol. The fraction of sp³-hybridized carbons (Fsp3) is 0.160. The predicted molar refractivity (Wildman–Crippen MR) is 127 cm³/mol. The fourth-order valence-electron chi connectivity index (χ4n) is 2.78. The summed E-state index contributed by atoms with van der Waals surface area (Å²) in [7, 11) is 1.46. The van der Waals surface area contributed by atoms with Gasteiger partial charge < -0.3 is 14.2 Å². The minimum atomic E-state index is -0.598. The summed E-state index contributed by atoms with van der Waals surface area (Å²) >= 11 is 6.05. The lowest BCUT2D eigenvalue weighted by Gasteiger charge is -2.10. The molecule has 0 spiro atoms. The average Bonchev–Trinajstić information content (AvgIpc) is 2.84. The van der Waals surface area contributed by atoms with Crippen LogP contribution in [0, 0.1) is 0 Å². The standard InChI is InChI=1S/C25H23ClN2O5/c1-3-14-32-19-11-9-18(10-12-19)24(29)28-27-16-17-8-13-22(23(15-17)31-2)33-25(30)20-6-4-5-7-21(20)26/h4-13,15-16H,3,14H2,1-2H3,(H,28,29). The first kappa shape index (κ1) is 23.8. The first-order chi connectivity index (χ1) is 16.0. The maximum atomic E-state index is 12.4. The number of carbonyl (C=O) groups excluding carboxylic acids is 2. The molecule has 3 aromatic carbocycles. The summed E-state index contributed by atoms with van der Waals surface area (Å²) in [6, 6.07) is 18.3. The molecule has 8 heteroatoms. The molecule has 0 radical (unpaired) electrons. The Kier molecular flexibility index (Phi) is 8.43. The van der Waals surface area contributed by atoms with E-state index in [-0.39, 0.29) is 17.2 Å². The molecule has 0 aliphatic carbocycles. The van der Waals surface area contributed by atoms with E-state index in [9.17, 15) is 9.59 Å². The van der Waals surface area contributed by atoms with Crippen molar-refractivity contribution in [1.29, 1.82) is 0 Å². The van der Waals surface area contributed by atoms with Crippen molar-refractivity contribution in [3.63, 3.8) is 0 Å². The second-order valence-corrected chi connectivity index (χ2v) is 7.26. The maximum absolute atomic E-state index is 12.4. The molecule has 7 nitrogen and oxygen atoms in total. The van der Waals surface area contributed by atoms with Crippen LogP contribution in [0.3, 0.4) is 0 Å². The quantitative estimate of drug-likeness (QED) is 0.205. The van der Waals surface area contributed by atoms with Crippen LogP contribution in [0.25, 0.3) is 0 Å². The number of benzene rings is 3. The number of rotatable bonds is 9. The van der Waals surface area contributed by atoms with Gasteiger partial charge in [-0.3, -0.25) is 4.79 Å². The number of ether oxygens (including phenoxy) is 3. The van der Waals surface area contributed by atoms with Crippen molar-refractivity contribution in [3.8, 4) is 17.2 Å². The molecule has 0 aliphatic heterocycles. The molecule has 0 atom stereocenters. The molecule has 1 amide bonds. The molecule has 0 aliphatic rings. The minimum absolute atomic E-state index is 0.231. The number of carbonyl (C=O) groups is 2. The number of halogens is 1. The molecule has 33 heavy (non-hydrogen) atoms. The van der Waals surface area contributed by atoms with Crippen molar-refractivity contribution < 1.29 is 23.8 Å². The number of nitrogens with zero attached hydrogens (tertiary/aromatic N) is 1.